The largest absolute Gasteiger partial charge is 0.313 e. The Bertz CT molecular complexity index is 5090. The third-order valence-electron chi connectivity index (χ3n) is 18.5. The summed E-state index contributed by atoms with van der Waals surface area (Å²) in [5, 5.41) is 7.82. The summed E-state index contributed by atoms with van der Waals surface area (Å²) in [6, 6.07) is 103. The Morgan fingerprint density at radius 2 is 0.904 bits per heavy atom. The fourth-order valence-electron chi connectivity index (χ4n) is 14.9. The molecule has 0 N–H and O–H groups in total. The molecule has 3 aromatic heterocycles. The number of allylic oxidation sites excluding steroid dienone is 4. The summed E-state index contributed by atoms with van der Waals surface area (Å²) in [5.74, 6) is 0.181. The van der Waals surface area contributed by atoms with Crippen LogP contribution in [0.15, 0.2) is 291 Å². The fraction of sp³-hybridized carbons (Fsp3) is 0.0380. The van der Waals surface area contributed by atoms with E-state index in [1.807, 2.05) is 22.7 Å². The highest BCUT2D eigenvalue weighted by atomic mass is 32.1. The van der Waals surface area contributed by atoms with E-state index in [4.69, 9.17) is 0 Å². The quantitative estimate of drug-likeness (QED) is 0.154. The summed E-state index contributed by atoms with van der Waals surface area (Å²) in [6.07, 6.45) is 5.74. The number of hydrogen-bond donors (Lipinski definition) is 0. The van der Waals surface area contributed by atoms with Gasteiger partial charge in [-0.1, -0.05) is 224 Å². The number of thiophene rings is 2. The van der Waals surface area contributed by atoms with Gasteiger partial charge in [0.15, 0.2) is 0 Å². The maximum absolute atomic E-state index is 2.61. The van der Waals surface area contributed by atoms with Crippen LogP contribution in [0.1, 0.15) is 45.7 Å². The Kier molecular flexibility index (Phi) is 10.2. The normalized spacial score (nSPS) is 15.0. The van der Waals surface area contributed by atoms with E-state index in [0.717, 1.165) is 6.42 Å². The molecule has 1 aliphatic heterocycles. The van der Waals surface area contributed by atoms with Crippen molar-refractivity contribution in [2.75, 3.05) is 4.90 Å². The highest BCUT2D eigenvalue weighted by Gasteiger charge is 2.48. The van der Waals surface area contributed by atoms with Crippen LogP contribution < -0.4 is 4.90 Å². The molecular formula is C79H50N2S2. The van der Waals surface area contributed by atoms with Gasteiger partial charge in [0.1, 0.15) is 0 Å². The molecule has 12 aromatic carbocycles. The van der Waals surface area contributed by atoms with E-state index >= 15 is 0 Å². The standard InChI is InChI=1S/C79H50N2S2/c1-2-17-55(18-3-1)80-69-30-10-5-19-58(69)65-47-51(39-45-71(65)80)52-40-46-72-66(48-52)59-20-6-11-31-70(59)81(72)73-32-16-29-68-76(73)64-23-4-9-28-67(64)79(68,53-41-35-49(36-42-53)56-24-14-26-62-60-21-7-12-33-74(60)82-77(56)62)54-43-37-50(38-44-54)57-25-15-27-63-61-22-8-13-34-75(61)83-78(57)63/h1-47,66H,48H2. The number of aromatic nitrogens is 1. The first-order chi connectivity index (χ1) is 41.2. The number of benzene rings is 12. The second-order valence-electron chi connectivity index (χ2n) is 22.6. The van der Waals surface area contributed by atoms with Crippen molar-refractivity contribution >= 4 is 102 Å². The molecule has 2 nitrogen and oxygen atoms in total. The van der Waals surface area contributed by atoms with Crippen LogP contribution in [0.4, 0.5) is 11.4 Å². The van der Waals surface area contributed by atoms with Crippen LogP contribution in [0.25, 0.3) is 107 Å². The number of anilines is 2. The molecule has 0 saturated heterocycles. The molecule has 0 spiro atoms. The van der Waals surface area contributed by atoms with Gasteiger partial charge in [-0.05, 0) is 134 Å². The minimum Gasteiger partial charge on any atom is -0.313 e. The van der Waals surface area contributed by atoms with Crippen molar-refractivity contribution in [3.8, 4) is 39.1 Å². The highest BCUT2D eigenvalue weighted by molar-refractivity contribution is 7.26. The molecule has 388 valence electrons. The van der Waals surface area contributed by atoms with Crippen LogP contribution in [0.2, 0.25) is 0 Å². The van der Waals surface area contributed by atoms with Gasteiger partial charge >= 0.3 is 0 Å². The maximum atomic E-state index is 2.61. The van der Waals surface area contributed by atoms with Crippen molar-refractivity contribution in [3.05, 3.63) is 324 Å². The monoisotopic (exact) mass is 1090 g/mol. The van der Waals surface area contributed by atoms with E-state index in [9.17, 15) is 0 Å². The SMILES string of the molecule is C1=C(c2ccc3c(c2)c2ccccc2n3-c2ccccc2)CC2C(=C1)N(c1cccc3c1-c1ccccc1C3(c1ccc(-c3cccc4c3sc3ccccc34)cc1)c1ccc(-c3cccc4c3sc3ccccc34)cc1)c1ccccc12. The Labute approximate surface area is 489 Å². The Morgan fingerprint density at radius 1 is 0.373 bits per heavy atom. The molecule has 18 rings (SSSR count). The molecule has 83 heavy (non-hydrogen) atoms. The Morgan fingerprint density at radius 3 is 1.61 bits per heavy atom. The lowest BCUT2D eigenvalue weighted by Gasteiger charge is -2.35. The molecule has 0 amide bonds. The summed E-state index contributed by atoms with van der Waals surface area (Å²) < 4.78 is 7.71. The molecule has 1 unspecified atom stereocenters. The van der Waals surface area contributed by atoms with Crippen molar-refractivity contribution in [3.63, 3.8) is 0 Å². The maximum Gasteiger partial charge on any atom is 0.0714 e. The molecule has 3 aliphatic rings. The third kappa shape index (κ3) is 6.76. The molecule has 15 aromatic rings. The van der Waals surface area contributed by atoms with Gasteiger partial charge in [0.2, 0.25) is 0 Å². The average Bonchev–Trinajstić information content (AvgIpc) is 4.32. The topological polar surface area (TPSA) is 8.17 Å². The van der Waals surface area contributed by atoms with Crippen molar-refractivity contribution in [1.29, 1.82) is 0 Å². The van der Waals surface area contributed by atoms with Crippen LogP contribution in [-0.4, -0.2) is 4.57 Å². The zero-order valence-corrected chi connectivity index (χ0v) is 46.8. The molecule has 0 bridgehead atoms. The number of rotatable bonds is 7. The Balaban J connectivity index is 0.809. The van der Waals surface area contributed by atoms with Gasteiger partial charge in [-0.25, -0.2) is 0 Å². The molecule has 2 aliphatic carbocycles. The zero-order chi connectivity index (χ0) is 54.3. The van der Waals surface area contributed by atoms with Crippen LogP contribution in [-0.2, 0) is 5.41 Å². The van der Waals surface area contributed by atoms with E-state index in [1.54, 1.807) is 0 Å². The third-order valence-corrected chi connectivity index (χ3v) is 20.9. The van der Waals surface area contributed by atoms with E-state index < -0.39 is 5.41 Å². The lowest BCUT2D eigenvalue weighted by atomic mass is 9.67. The molecule has 0 fully saturated rings. The average molecular weight is 1090 g/mol. The van der Waals surface area contributed by atoms with Gasteiger partial charge in [-0.2, -0.15) is 0 Å². The minimum absolute atomic E-state index is 0.181. The smallest absolute Gasteiger partial charge is 0.0714 e. The summed E-state index contributed by atoms with van der Waals surface area (Å²) in [6.45, 7) is 0. The summed E-state index contributed by atoms with van der Waals surface area (Å²) in [4.78, 5) is 2.61. The first kappa shape index (κ1) is 46.9. The second kappa shape index (κ2) is 18.1. The molecule has 1 atom stereocenters. The van der Waals surface area contributed by atoms with Crippen molar-refractivity contribution in [2.24, 2.45) is 0 Å². The van der Waals surface area contributed by atoms with Gasteiger partial charge in [-0.3, -0.25) is 0 Å². The zero-order valence-electron chi connectivity index (χ0n) is 45.1. The van der Waals surface area contributed by atoms with Crippen LogP contribution in [0.3, 0.4) is 0 Å². The van der Waals surface area contributed by atoms with Crippen LogP contribution in [0, 0.1) is 0 Å². The van der Waals surface area contributed by atoms with Crippen LogP contribution in [0.5, 0.6) is 0 Å². The summed E-state index contributed by atoms with van der Waals surface area (Å²) >= 11 is 3.79. The van der Waals surface area contributed by atoms with E-state index in [-0.39, 0.29) is 5.92 Å². The molecule has 0 saturated carbocycles. The van der Waals surface area contributed by atoms with Crippen LogP contribution >= 0.6 is 22.7 Å². The first-order valence-electron chi connectivity index (χ1n) is 28.8. The van der Waals surface area contributed by atoms with Crippen molar-refractivity contribution in [2.45, 2.75) is 17.8 Å². The number of fused-ring (bicyclic) bond motifs is 15. The van der Waals surface area contributed by atoms with Crippen molar-refractivity contribution in [1.82, 2.24) is 4.57 Å². The van der Waals surface area contributed by atoms with Gasteiger partial charge in [-0.15, -0.1) is 22.7 Å². The predicted octanol–water partition coefficient (Wildman–Crippen LogP) is 21.8. The summed E-state index contributed by atoms with van der Waals surface area (Å²) in [7, 11) is 0. The molecule has 4 heterocycles. The first-order valence-corrected chi connectivity index (χ1v) is 30.5. The predicted molar refractivity (Wildman–Crippen MR) is 353 cm³/mol. The second-order valence-corrected chi connectivity index (χ2v) is 24.7. The van der Waals surface area contributed by atoms with E-state index in [2.05, 4.69) is 295 Å². The summed E-state index contributed by atoms with van der Waals surface area (Å²) in [5.41, 5.74) is 23.4. The molecular weight excluding hydrogens is 1040 g/mol. The van der Waals surface area contributed by atoms with Crippen molar-refractivity contribution < 1.29 is 0 Å². The van der Waals surface area contributed by atoms with Gasteiger partial charge in [0.25, 0.3) is 0 Å². The minimum atomic E-state index is -0.638. The highest BCUT2D eigenvalue weighted by Crippen LogP contribution is 2.62. The number of nitrogens with zero attached hydrogens (tertiary/aromatic N) is 2. The lowest BCUT2D eigenvalue weighted by Crippen LogP contribution is -2.28. The van der Waals surface area contributed by atoms with Gasteiger partial charge in [0.05, 0.1) is 22.1 Å². The lowest BCUT2D eigenvalue weighted by molar-refractivity contribution is 0.768. The Hall–Kier alpha value is -9.84. The molecule has 4 heteroatoms. The van der Waals surface area contributed by atoms with E-state index in [0.29, 0.717) is 0 Å². The van der Waals surface area contributed by atoms with Gasteiger partial charge in [0, 0.05) is 79.7 Å². The molecule has 0 radical (unpaired) electrons. The van der Waals surface area contributed by atoms with Gasteiger partial charge < -0.3 is 9.47 Å². The number of para-hydroxylation sites is 3. The van der Waals surface area contributed by atoms with E-state index in [1.165, 1.54) is 157 Å². The number of hydrogen-bond acceptors (Lipinski definition) is 3. The fourth-order valence-corrected chi connectivity index (χ4v) is 17.3.